The summed E-state index contributed by atoms with van der Waals surface area (Å²) in [6.07, 6.45) is 0.0811. The van der Waals surface area contributed by atoms with E-state index in [2.05, 4.69) is 0 Å². The summed E-state index contributed by atoms with van der Waals surface area (Å²) >= 11 is 0. The molecule has 0 aliphatic carbocycles. The fraction of sp³-hybridized carbons (Fsp3) is 0.909. The average molecular weight is 327 g/mol. The molecule has 7 nitrogen and oxygen atoms in total. The number of nitrogens with zero attached hydrogens (tertiary/aromatic N) is 1. The number of hydrogen-bond acceptors (Lipinski definition) is 5. The lowest BCUT2D eigenvalue weighted by Crippen LogP contribution is -2.46. The molecule has 20 heavy (non-hydrogen) atoms. The predicted molar refractivity (Wildman–Crippen MR) is 74.6 cm³/mol. The normalized spacial score (nSPS) is 20.4. The molecule has 0 amide bonds. The second kappa shape index (κ2) is 6.40. The zero-order valence-electron chi connectivity index (χ0n) is 11.6. The molecule has 0 radical (unpaired) electrons. The molecule has 118 valence electrons. The zero-order valence-corrected chi connectivity index (χ0v) is 13.3. The maximum absolute atomic E-state index is 12.4. The highest BCUT2D eigenvalue weighted by Gasteiger charge is 2.37. The van der Waals surface area contributed by atoms with E-state index >= 15 is 0 Å². The fourth-order valence-corrected chi connectivity index (χ4v) is 6.03. The summed E-state index contributed by atoms with van der Waals surface area (Å²) in [6.45, 7) is 3.15. The molecule has 0 unspecified atom stereocenters. The van der Waals surface area contributed by atoms with Crippen LogP contribution in [0.25, 0.3) is 0 Å². The molecule has 1 saturated heterocycles. The van der Waals surface area contributed by atoms with Crippen LogP contribution < -0.4 is 0 Å². The van der Waals surface area contributed by atoms with Gasteiger partial charge in [-0.2, -0.15) is 4.31 Å². The van der Waals surface area contributed by atoms with Gasteiger partial charge in [0.15, 0.2) is 0 Å². The van der Waals surface area contributed by atoms with E-state index in [-0.39, 0.29) is 36.8 Å². The first-order chi connectivity index (χ1) is 9.04. The molecule has 1 aliphatic rings. The first-order valence-corrected chi connectivity index (χ1v) is 9.78. The summed E-state index contributed by atoms with van der Waals surface area (Å²) < 4.78 is 48.5. The number of aliphatic carboxylic acids is 1. The van der Waals surface area contributed by atoms with Crippen molar-refractivity contribution < 1.29 is 26.7 Å². The quantitative estimate of drug-likeness (QED) is 0.732. The largest absolute Gasteiger partial charge is 0.480 e. The van der Waals surface area contributed by atoms with Crippen LogP contribution in [0, 0.1) is 5.92 Å². The van der Waals surface area contributed by atoms with Crippen LogP contribution in [0.2, 0.25) is 0 Å². The third kappa shape index (κ3) is 4.71. The molecular weight excluding hydrogens is 306 g/mol. The molecule has 0 aromatic rings. The van der Waals surface area contributed by atoms with Crippen molar-refractivity contribution in [3.8, 4) is 0 Å². The average Bonchev–Trinajstić information content (AvgIpc) is 2.26. The molecule has 0 atom stereocenters. The van der Waals surface area contributed by atoms with Crippen molar-refractivity contribution in [1.29, 1.82) is 0 Å². The van der Waals surface area contributed by atoms with Crippen molar-refractivity contribution in [1.82, 2.24) is 4.31 Å². The summed E-state index contributed by atoms with van der Waals surface area (Å²) in [7, 11) is -6.92. The first kappa shape index (κ1) is 17.4. The Balaban J connectivity index is 2.90. The number of sulfonamides is 1. The van der Waals surface area contributed by atoms with Crippen molar-refractivity contribution in [2.45, 2.75) is 31.9 Å². The molecule has 1 rings (SSSR count). The second-order valence-electron chi connectivity index (χ2n) is 5.48. The molecule has 0 spiro atoms. The van der Waals surface area contributed by atoms with Gasteiger partial charge in [-0.25, -0.2) is 16.8 Å². The lowest BCUT2D eigenvalue weighted by molar-refractivity contribution is -0.137. The topological polar surface area (TPSA) is 109 Å². The Labute approximate surface area is 119 Å². The van der Waals surface area contributed by atoms with Gasteiger partial charge in [0.05, 0.1) is 16.8 Å². The molecule has 1 N–H and O–H groups in total. The van der Waals surface area contributed by atoms with Crippen molar-refractivity contribution in [2.24, 2.45) is 5.92 Å². The van der Waals surface area contributed by atoms with E-state index in [1.165, 1.54) is 0 Å². The smallest absolute Gasteiger partial charge is 0.318 e. The van der Waals surface area contributed by atoms with Gasteiger partial charge in [0, 0.05) is 6.54 Å². The number of carbonyl (C=O) groups is 1. The minimum atomic E-state index is -3.78. The lowest BCUT2D eigenvalue weighted by atomic mass is 10.2. The van der Waals surface area contributed by atoms with Crippen LogP contribution in [-0.2, 0) is 24.7 Å². The summed E-state index contributed by atoms with van der Waals surface area (Å²) in [5.41, 5.74) is 0. The summed E-state index contributed by atoms with van der Waals surface area (Å²) in [5, 5.41) is 8.04. The van der Waals surface area contributed by atoms with Crippen molar-refractivity contribution in [2.75, 3.05) is 24.6 Å². The van der Waals surface area contributed by atoms with Crippen LogP contribution in [-0.4, -0.2) is 62.1 Å². The molecule has 9 heteroatoms. The fourth-order valence-electron chi connectivity index (χ4n) is 2.19. The van der Waals surface area contributed by atoms with Gasteiger partial charge in [-0.15, -0.1) is 0 Å². The van der Waals surface area contributed by atoms with Crippen LogP contribution in [0.3, 0.4) is 0 Å². The van der Waals surface area contributed by atoms with E-state index < -0.39 is 37.6 Å². The minimum absolute atomic E-state index is 0.00329. The van der Waals surface area contributed by atoms with E-state index in [1.54, 1.807) is 13.8 Å². The van der Waals surface area contributed by atoms with Crippen LogP contribution in [0.15, 0.2) is 0 Å². The minimum Gasteiger partial charge on any atom is -0.480 e. The van der Waals surface area contributed by atoms with Crippen molar-refractivity contribution in [3.63, 3.8) is 0 Å². The van der Waals surface area contributed by atoms with Crippen LogP contribution >= 0.6 is 0 Å². The highest BCUT2D eigenvalue weighted by atomic mass is 32.2. The Morgan fingerprint density at radius 3 is 2.20 bits per heavy atom. The summed E-state index contributed by atoms with van der Waals surface area (Å²) in [5.74, 6) is -1.52. The standard InChI is InChI=1S/C11H21NO6S2/c1-9(2)7-12(8-11(13)14)20(17,18)10-3-5-19(15,16)6-4-10/h9-10H,3-8H2,1-2H3,(H,13,14). The van der Waals surface area contributed by atoms with Gasteiger partial charge in [-0.3, -0.25) is 4.79 Å². The maximum Gasteiger partial charge on any atom is 0.318 e. The van der Waals surface area contributed by atoms with Gasteiger partial charge < -0.3 is 5.11 Å². The summed E-state index contributed by atoms with van der Waals surface area (Å²) in [6, 6.07) is 0. The Bertz CT molecular complexity index is 537. The number of carboxylic acids is 1. The van der Waals surface area contributed by atoms with Gasteiger partial charge in [0.25, 0.3) is 0 Å². The third-order valence-electron chi connectivity index (χ3n) is 3.16. The SMILES string of the molecule is CC(C)CN(CC(=O)O)S(=O)(=O)C1CCS(=O)(=O)CC1. The monoisotopic (exact) mass is 327 g/mol. The molecule has 1 aliphatic heterocycles. The molecule has 1 heterocycles. The molecular formula is C11H21NO6S2. The van der Waals surface area contributed by atoms with Gasteiger partial charge in [-0.1, -0.05) is 13.8 Å². The van der Waals surface area contributed by atoms with Gasteiger partial charge in [0.1, 0.15) is 16.4 Å². The zero-order chi connectivity index (χ0) is 15.6. The number of carboxylic acid groups (broad SMARTS) is 1. The highest BCUT2D eigenvalue weighted by Crippen LogP contribution is 2.23. The van der Waals surface area contributed by atoms with Gasteiger partial charge >= 0.3 is 5.97 Å². The third-order valence-corrected chi connectivity index (χ3v) is 7.19. The first-order valence-electron chi connectivity index (χ1n) is 6.46. The molecule has 0 aromatic heterocycles. The van der Waals surface area contributed by atoms with E-state index in [1.807, 2.05) is 0 Å². The Kier molecular flexibility index (Phi) is 5.56. The van der Waals surface area contributed by atoms with Crippen molar-refractivity contribution in [3.05, 3.63) is 0 Å². The molecule has 0 bridgehead atoms. The predicted octanol–water partition coefficient (Wildman–Crippen LogP) is -0.0640. The Morgan fingerprint density at radius 1 is 1.30 bits per heavy atom. The van der Waals surface area contributed by atoms with E-state index in [4.69, 9.17) is 5.11 Å². The number of hydrogen-bond donors (Lipinski definition) is 1. The second-order valence-corrected chi connectivity index (χ2v) is 9.99. The number of rotatable bonds is 6. The van der Waals surface area contributed by atoms with E-state index in [0.29, 0.717) is 0 Å². The Morgan fingerprint density at radius 2 is 1.80 bits per heavy atom. The van der Waals surface area contributed by atoms with E-state index in [9.17, 15) is 21.6 Å². The maximum atomic E-state index is 12.4. The van der Waals surface area contributed by atoms with Crippen LogP contribution in [0.4, 0.5) is 0 Å². The van der Waals surface area contributed by atoms with E-state index in [0.717, 1.165) is 4.31 Å². The molecule has 0 aromatic carbocycles. The molecule has 0 saturated carbocycles. The van der Waals surface area contributed by atoms with Crippen molar-refractivity contribution >= 4 is 25.8 Å². The number of sulfone groups is 1. The Hall–Kier alpha value is -0.670. The van der Waals surface area contributed by atoms with Crippen LogP contribution in [0.1, 0.15) is 26.7 Å². The van der Waals surface area contributed by atoms with Crippen LogP contribution in [0.5, 0.6) is 0 Å². The summed E-state index contributed by atoms with van der Waals surface area (Å²) in [4.78, 5) is 10.8. The lowest BCUT2D eigenvalue weighted by Gasteiger charge is -2.29. The van der Waals surface area contributed by atoms with Gasteiger partial charge in [0.2, 0.25) is 10.0 Å². The highest BCUT2D eigenvalue weighted by molar-refractivity contribution is 7.92. The molecule has 1 fully saturated rings. The van der Waals surface area contributed by atoms with Gasteiger partial charge in [-0.05, 0) is 18.8 Å².